The highest BCUT2D eigenvalue weighted by Gasteiger charge is 2.38. The molecule has 27 heavy (non-hydrogen) atoms. The number of furan rings is 1. The third-order valence-corrected chi connectivity index (χ3v) is 6.31. The Morgan fingerprint density at radius 2 is 2.00 bits per heavy atom. The molecule has 1 atom stereocenters. The molecule has 3 heterocycles. The minimum Gasteiger partial charge on any atom is -0.453 e. The monoisotopic (exact) mass is 380 g/mol. The summed E-state index contributed by atoms with van der Waals surface area (Å²) in [5.74, 6) is 0.418. The number of allylic oxidation sites excluding steroid dienone is 2. The number of aromatic amines is 2. The van der Waals surface area contributed by atoms with Crippen molar-refractivity contribution in [2.24, 2.45) is 0 Å². The van der Waals surface area contributed by atoms with Crippen molar-refractivity contribution in [1.29, 1.82) is 0 Å². The molecule has 138 valence electrons. The lowest BCUT2D eigenvalue weighted by molar-refractivity contribution is -0.116. The van der Waals surface area contributed by atoms with E-state index in [0.29, 0.717) is 5.76 Å². The van der Waals surface area contributed by atoms with E-state index < -0.39 is 5.92 Å². The first kappa shape index (κ1) is 16.6. The molecule has 0 fully saturated rings. The van der Waals surface area contributed by atoms with E-state index in [1.807, 2.05) is 26.0 Å². The highest BCUT2D eigenvalue weighted by atomic mass is 32.2. The number of H-pyrrole nitrogens is 2. The number of imidazole rings is 1. The maximum atomic E-state index is 13.3. The topological polar surface area (TPSA) is 87.6 Å². The van der Waals surface area contributed by atoms with Gasteiger partial charge in [-0.3, -0.25) is 9.89 Å². The number of carbonyl (C=O) groups is 1. The van der Waals surface area contributed by atoms with Crippen molar-refractivity contribution in [2.75, 3.05) is 0 Å². The first-order valence-corrected chi connectivity index (χ1v) is 10.0. The van der Waals surface area contributed by atoms with Gasteiger partial charge in [-0.15, -0.1) is 0 Å². The molecule has 0 amide bonds. The number of nitrogens with one attached hydrogen (secondary N) is 2. The van der Waals surface area contributed by atoms with E-state index in [1.54, 1.807) is 6.20 Å². The normalized spacial score (nSPS) is 19.3. The summed E-state index contributed by atoms with van der Waals surface area (Å²) in [5, 5.41) is 8.85. The number of carbonyl (C=O) groups excluding carboxylic acids is 1. The Morgan fingerprint density at radius 3 is 2.78 bits per heavy atom. The summed E-state index contributed by atoms with van der Waals surface area (Å²) in [6.45, 7) is 3.97. The lowest BCUT2D eigenvalue weighted by Crippen LogP contribution is -2.24. The van der Waals surface area contributed by atoms with Crippen LogP contribution in [0.2, 0.25) is 0 Å². The Labute approximate surface area is 160 Å². The van der Waals surface area contributed by atoms with Gasteiger partial charge in [0.15, 0.2) is 16.0 Å². The molecule has 0 bridgehead atoms. The number of Topliss-reactive ketones (excluding diaryl/α,β-unsaturated/α-hetero) is 1. The van der Waals surface area contributed by atoms with E-state index in [2.05, 4.69) is 20.2 Å². The van der Waals surface area contributed by atoms with Crippen molar-refractivity contribution < 1.29 is 9.21 Å². The van der Waals surface area contributed by atoms with Crippen LogP contribution in [0.4, 0.5) is 0 Å². The maximum absolute atomic E-state index is 13.3. The van der Waals surface area contributed by atoms with Gasteiger partial charge in [-0.1, -0.05) is 0 Å². The van der Waals surface area contributed by atoms with E-state index in [4.69, 9.17) is 4.42 Å². The van der Waals surface area contributed by atoms with Crippen LogP contribution in [0.1, 0.15) is 60.0 Å². The second kappa shape index (κ2) is 6.27. The van der Waals surface area contributed by atoms with Crippen LogP contribution in [0.3, 0.4) is 0 Å². The van der Waals surface area contributed by atoms with Crippen LogP contribution in [0.5, 0.6) is 0 Å². The van der Waals surface area contributed by atoms with E-state index in [0.717, 1.165) is 69.7 Å². The van der Waals surface area contributed by atoms with Gasteiger partial charge in [-0.05, 0) is 69.0 Å². The van der Waals surface area contributed by atoms with Gasteiger partial charge in [0.05, 0.1) is 17.6 Å². The molecule has 2 aliphatic carbocycles. The minimum absolute atomic E-state index is 0.161. The number of aromatic nitrogens is 4. The molecule has 7 heteroatoms. The van der Waals surface area contributed by atoms with E-state index >= 15 is 0 Å². The van der Waals surface area contributed by atoms with Gasteiger partial charge in [0.2, 0.25) is 0 Å². The summed E-state index contributed by atoms with van der Waals surface area (Å²) in [4.78, 5) is 21.0. The number of ketones is 1. The molecular weight excluding hydrogens is 360 g/mol. The molecule has 0 aliphatic heterocycles. The highest BCUT2D eigenvalue weighted by molar-refractivity contribution is 7.99. The number of rotatable bonds is 3. The van der Waals surface area contributed by atoms with Crippen LogP contribution in [0.15, 0.2) is 38.6 Å². The van der Waals surface area contributed by atoms with E-state index in [1.165, 1.54) is 11.8 Å². The number of nitrogens with zero attached hydrogens (tertiary/aromatic N) is 2. The Morgan fingerprint density at radius 1 is 1.19 bits per heavy atom. The van der Waals surface area contributed by atoms with Crippen LogP contribution >= 0.6 is 11.8 Å². The number of fused-ring (bicyclic) bond motifs is 2. The molecule has 5 rings (SSSR count). The van der Waals surface area contributed by atoms with Crippen molar-refractivity contribution in [3.63, 3.8) is 0 Å². The molecule has 0 saturated carbocycles. The highest BCUT2D eigenvalue weighted by Crippen LogP contribution is 2.45. The average Bonchev–Trinajstić information content (AvgIpc) is 3.38. The number of aryl methyl sites for hydroxylation is 2. The molecule has 3 aromatic rings. The van der Waals surface area contributed by atoms with Gasteiger partial charge in [0, 0.05) is 16.8 Å². The SMILES string of the molecule is Cc1nc(Sc2ccc(C3C(=O)C4=C(CCCC4)c4[nH]ncc43)o2)[nH]c1C. The van der Waals surface area contributed by atoms with Crippen molar-refractivity contribution >= 4 is 23.1 Å². The Bertz CT molecular complexity index is 1050. The molecule has 3 aromatic heterocycles. The minimum atomic E-state index is -0.412. The third kappa shape index (κ3) is 2.68. The maximum Gasteiger partial charge on any atom is 0.174 e. The van der Waals surface area contributed by atoms with Gasteiger partial charge in [-0.2, -0.15) is 5.10 Å². The Hall–Kier alpha value is -2.54. The summed E-state index contributed by atoms with van der Waals surface area (Å²) in [7, 11) is 0. The van der Waals surface area contributed by atoms with Crippen molar-refractivity contribution in [2.45, 2.75) is 55.7 Å². The van der Waals surface area contributed by atoms with E-state index in [-0.39, 0.29) is 5.78 Å². The first-order chi connectivity index (χ1) is 13.1. The van der Waals surface area contributed by atoms with Gasteiger partial charge < -0.3 is 9.40 Å². The Balaban J connectivity index is 1.49. The van der Waals surface area contributed by atoms with Crippen LogP contribution < -0.4 is 0 Å². The fourth-order valence-corrected chi connectivity index (χ4v) is 4.86. The summed E-state index contributed by atoms with van der Waals surface area (Å²) in [6, 6.07) is 3.81. The molecule has 1 unspecified atom stereocenters. The quantitative estimate of drug-likeness (QED) is 0.697. The molecule has 0 radical (unpaired) electrons. The fourth-order valence-electron chi connectivity index (χ4n) is 4.01. The summed E-state index contributed by atoms with van der Waals surface area (Å²) in [6.07, 6.45) is 5.75. The summed E-state index contributed by atoms with van der Waals surface area (Å²) >= 11 is 1.43. The zero-order chi connectivity index (χ0) is 18.5. The van der Waals surface area contributed by atoms with Crippen molar-refractivity contribution in [3.8, 4) is 0 Å². The zero-order valence-corrected chi connectivity index (χ0v) is 16.1. The van der Waals surface area contributed by atoms with Crippen LogP contribution in [-0.2, 0) is 4.79 Å². The molecule has 0 saturated heterocycles. The summed E-state index contributed by atoms with van der Waals surface area (Å²) < 4.78 is 6.07. The predicted octanol–water partition coefficient (Wildman–Crippen LogP) is 4.54. The van der Waals surface area contributed by atoms with Gasteiger partial charge in [-0.25, -0.2) is 4.98 Å². The standard InChI is InChI=1S/C20H20N4O2S/c1-10-11(2)23-20(22-10)27-16-8-7-15(26-16)17-14-9-21-24-18(14)12-5-3-4-6-13(12)19(17)25/h7-9,17H,3-6H2,1-2H3,(H,21,24)(H,22,23). The van der Waals surface area contributed by atoms with Crippen LogP contribution in [0, 0.1) is 13.8 Å². The zero-order valence-electron chi connectivity index (χ0n) is 15.3. The van der Waals surface area contributed by atoms with Crippen LogP contribution in [-0.4, -0.2) is 25.9 Å². The molecule has 2 N–H and O–H groups in total. The largest absolute Gasteiger partial charge is 0.453 e. The number of hydrogen-bond acceptors (Lipinski definition) is 5. The molecule has 6 nitrogen and oxygen atoms in total. The average molecular weight is 380 g/mol. The molecule has 2 aliphatic rings. The van der Waals surface area contributed by atoms with Gasteiger partial charge in [0.25, 0.3) is 0 Å². The third-order valence-electron chi connectivity index (χ3n) is 5.50. The lowest BCUT2D eigenvalue weighted by Gasteiger charge is -2.27. The lowest BCUT2D eigenvalue weighted by atomic mass is 9.75. The molecule has 0 aromatic carbocycles. The predicted molar refractivity (Wildman–Crippen MR) is 102 cm³/mol. The second-order valence-corrected chi connectivity index (χ2v) is 8.17. The Kier molecular flexibility index (Phi) is 3.86. The number of hydrogen-bond donors (Lipinski definition) is 2. The smallest absolute Gasteiger partial charge is 0.174 e. The first-order valence-electron chi connectivity index (χ1n) is 9.22. The van der Waals surface area contributed by atoms with E-state index in [9.17, 15) is 4.79 Å². The van der Waals surface area contributed by atoms with Gasteiger partial charge >= 0.3 is 0 Å². The fraction of sp³-hybridized carbons (Fsp3) is 0.350. The van der Waals surface area contributed by atoms with Crippen molar-refractivity contribution in [1.82, 2.24) is 20.2 Å². The van der Waals surface area contributed by atoms with Crippen molar-refractivity contribution in [3.05, 3.63) is 52.3 Å². The summed E-state index contributed by atoms with van der Waals surface area (Å²) in [5.41, 5.74) is 6.06. The molecule has 0 spiro atoms. The second-order valence-electron chi connectivity index (χ2n) is 7.17. The molecular formula is C20H20N4O2S. The van der Waals surface area contributed by atoms with Crippen LogP contribution in [0.25, 0.3) is 5.57 Å². The van der Waals surface area contributed by atoms with Gasteiger partial charge in [0.1, 0.15) is 11.7 Å².